The summed E-state index contributed by atoms with van der Waals surface area (Å²) in [7, 11) is 0. The summed E-state index contributed by atoms with van der Waals surface area (Å²) >= 11 is 0. The molecule has 0 spiro atoms. The van der Waals surface area contributed by atoms with Crippen molar-refractivity contribution in [2.45, 2.75) is 94.8 Å². The van der Waals surface area contributed by atoms with E-state index >= 15 is 0 Å². The Morgan fingerprint density at radius 2 is 1.79 bits per heavy atom. The zero-order valence-corrected chi connectivity index (χ0v) is 24.6. The second kappa shape index (κ2) is 11.7. The normalized spacial score (nSPS) is 24.5. The van der Waals surface area contributed by atoms with Gasteiger partial charge in [-0.1, -0.05) is 31.2 Å². The van der Waals surface area contributed by atoms with Gasteiger partial charge in [0.25, 0.3) is 0 Å². The highest BCUT2D eigenvalue weighted by Gasteiger charge is 2.44. The Morgan fingerprint density at radius 3 is 2.45 bits per heavy atom. The number of carbonyl (C=O) groups is 2. The zero-order valence-electron chi connectivity index (χ0n) is 24.6. The van der Waals surface area contributed by atoms with Crippen molar-refractivity contribution >= 4 is 23.0 Å². The molecule has 3 atom stereocenters. The molecule has 6 rings (SSSR count). The molecular weight excluding hydrogens is 533 g/mol. The van der Waals surface area contributed by atoms with Crippen molar-refractivity contribution in [3.05, 3.63) is 65.7 Å². The third-order valence-electron chi connectivity index (χ3n) is 10.3. The van der Waals surface area contributed by atoms with Crippen LogP contribution in [0.25, 0.3) is 11.0 Å². The summed E-state index contributed by atoms with van der Waals surface area (Å²) in [4.78, 5) is 33.7. The molecule has 3 saturated heterocycles. The number of aromatic nitrogens is 2. The van der Waals surface area contributed by atoms with Crippen LogP contribution in [-0.4, -0.2) is 74.2 Å². The molecule has 8 nitrogen and oxygen atoms in total. The number of imidazole rings is 1. The number of nitrogens with zero attached hydrogens (tertiary/aromatic N) is 4. The van der Waals surface area contributed by atoms with E-state index in [9.17, 15) is 14.0 Å². The third-order valence-corrected chi connectivity index (χ3v) is 10.3. The van der Waals surface area contributed by atoms with Gasteiger partial charge in [-0.3, -0.25) is 9.69 Å². The minimum absolute atomic E-state index is 0.171. The molecule has 3 aliphatic rings. The van der Waals surface area contributed by atoms with Crippen molar-refractivity contribution < 1.29 is 19.1 Å². The van der Waals surface area contributed by atoms with Crippen LogP contribution in [0.4, 0.5) is 9.18 Å². The first kappa shape index (κ1) is 28.6. The summed E-state index contributed by atoms with van der Waals surface area (Å²) in [5, 5.41) is 11.5. The molecular formula is C33H42FN5O3. The lowest BCUT2D eigenvalue weighted by Gasteiger charge is -2.46. The van der Waals surface area contributed by atoms with Crippen LogP contribution in [0, 0.1) is 12.7 Å². The van der Waals surface area contributed by atoms with E-state index in [1.807, 2.05) is 13.0 Å². The van der Waals surface area contributed by atoms with E-state index in [1.54, 1.807) is 17.0 Å². The number of para-hydroxylation sites is 2. The number of nitrogens with one attached hydrogen (secondary N) is 1. The molecule has 3 aromatic rings. The number of fused-ring (bicyclic) bond motifs is 3. The predicted octanol–water partition coefficient (Wildman–Crippen LogP) is 5.65. The number of amides is 2. The van der Waals surface area contributed by atoms with Gasteiger partial charge >= 0.3 is 6.09 Å². The van der Waals surface area contributed by atoms with Gasteiger partial charge in [-0.05, 0) is 100 Å². The zero-order chi connectivity index (χ0) is 29.4. The highest BCUT2D eigenvalue weighted by atomic mass is 19.1. The number of hydrogen-bond donors (Lipinski definition) is 2. The molecule has 2 aromatic carbocycles. The van der Waals surface area contributed by atoms with Gasteiger partial charge in [0.15, 0.2) is 0 Å². The van der Waals surface area contributed by atoms with E-state index in [0.717, 1.165) is 55.6 Å². The monoisotopic (exact) mass is 575 g/mol. The fourth-order valence-electron chi connectivity index (χ4n) is 8.15. The van der Waals surface area contributed by atoms with Gasteiger partial charge in [0.1, 0.15) is 17.7 Å². The van der Waals surface area contributed by atoms with Gasteiger partial charge in [0, 0.05) is 31.2 Å². The Kier molecular flexibility index (Phi) is 7.96. The Morgan fingerprint density at radius 1 is 1.07 bits per heavy atom. The van der Waals surface area contributed by atoms with Crippen LogP contribution in [-0.2, 0) is 10.2 Å². The number of halogens is 1. The lowest BCUT2D eigenvalue weighted by molar-refractivity contribution is -0.135. The van der Waals surface area contributed by atoms with Crippen LogP contribution in [0.2, 0.25) is 0 Å². The van der Waals surface area contributed by atoms with E-state index in [1.165, 1.54) is 24.4 Å². The summed E-state index contributed by atoms with van der Waals surface area (Å²) in [5.41, 5.74) is 3.07. The quantitative estimate of drug-likeness (QED) is 0.362. The minimum atomic E-state index is -1.18. The molecule has 3 unspecified atom stereocenters. The maximum atomic E-state index is 14.5. The summed E-state index contributed by atoms with van der Waals surface area (Å²) in [6.07, 6.45) is 6.24. The average Bonchev–Trinajstić information content (AvgIpc) is 3.44. The van der Waals surface area contributed by atoms with Crippen LogP contribution in [0.15, 0.2) is 48.5 Å². The van der Waals surface area contributed by atoms with Gasteiger partial charge < -0.3 is 19.9 Å². The minimum Gasteiger partial charge on any atom is -0.465 e. The first-order chi connectivity index (χ1) is 20.3. The van der Waals surface area contributed by atoms with Crippen molar-refractivity contribution in [1.82, 2.24) is 24.7 Å². The van der Waals surface area contributed by atoms with Gasteiger partial charge in [0.05, 0.1) is 11.0 Å². The Labute approximate surface area is 246 Å². The summed E-state index contributed by atoms with van der Waals surface area (Å²) in [5.74, 6) is 0.686. The van der Waals surface area contributed by atoms with Crippen LogP contribution in [0.3, 0.4) is 0 Å². The standard InChI is InChI=1S/C33H42FN5O3/c1-3-28(36-32(41)42)31(40)37-16-13-33(14-17-37,23-7-6-8-24(34)19-23)15-18-38-25-11-12-26(38)21-27(20-25)39-22(2)35-29-9-4-5-10-30(29)39/h4-10,19,25-28,36H,3,11-18,20-21H2,1-2H3,(H,41,42). The number of carboxylic acid groups (broad SMARTS) is 1. The Bertz CT molecular complexity index is 1430. The van der Waals surface area contributed by atoms with E-state index in [2.05, 4.69) is 46.0 Å². The van der Waals surface area contributed by atoms with E-state index in [0.29, 0.717) is 37.6 Å². The highest BCUT2D eigenvalue weighted by molar-refractivity contribution is 5.85. The van der Waals surface area contributed by atoms with E-state index in [4.69, 9.17) is 10.1 Å². The van der Waals surface area contributed by atoms with E-state index < -0.39 is 12.1 Å². The van der Waals surface area contributed by atoms with Crippen LogP contribution in [0.1, 0.15) is 75.7 Å². The Balaban J connectivity index is 1.17. The molecule has 9 heteroatoms. The van der Waals surface area contributed by atoms with E-state index in [-0.39, 0.29) is 17.1 Å². The molecule has 4 heterocycles. The average molecular weight is 576 g/mol. The van der Waals surface area contributed by atoms with Crippen molar-refractivity contribution in [1.29, 1.82) is 0 Å². The molecule has 224 valence electrons. The van der Waals surface area contributed by atoms with Crippen molar-refractivity contribution in [3.8, 4) is 0 Å². The van der Waals surface area contributed by atoms with Crippen LogP contribution in [0.5, 0.6) is 0 Å². The number of piperidine rings is 2. The lowest BCUT2D eigenvalue weighted by atomic mass is 9.70. The van der Waals surface area contributed by atoms with Crippen molar-refractivity contribution in [3.63, 3.8) is 0 Å². The number of aryl methyl sites for hydroxylation is 1. The number of rotatable bonds is 8. The molecule has 42 heavy (non-hydrogen) atoms. The third kappa shape index (κ3) is 5.39. The summed E-state index contributed by atoms with van der Waals surface area (Å²) < 4.78 is 16.9. The van der Waals surface area contributed by atoms with Crippen LogP contribution >= 0.6 is 0 Å². The van der Waals surface area contributed by atoms with Gasteiger partial charge in [-0.25, -0.2) is 14.2 Å². The van der Waals surface area contributed by atoms with Gasteiger partial charge in [-0.15, -0.1) is 0 Å². The lowest BCUT2D eigenvalue weighted by Crippen LogP contribution is -2.53. The number of likely N-dealkylation sites (tertiary alicyclic amines) is 1. The number of benzene rings is 2. The molecule has 2 bridgehead atoms. The fourth-order valence-corrected chi connectivity index (χ4v) is 8.15. The first-order valence-electron chi connectivity index (χ1n) is 15.5. The van der Waals surface area contributed by atoms with Crippen molar-refractivity contribution in [2.75, 3.05) is 19.6 Å². The maximum Gasteiger partial charge on any atom is 0.405 e. The molecule has 3 aliphatic heterocycles. The molecule has 3 fully saturated rings. The van der Waals surface area contributed by atoms with Crippen molar-refractivity contribution in [2.24, 2.45) is 0 Å². The predicted molar refractivity (Wildman–Crippen MR) is 160 cm³/mol. The topological polar surface area (TPSA) is 90.7 Å². The fraction of sp³-hybridized carbons (Fsp3) is 0.545. The molecule has 0 aliphatic carbocycles. The van der Waals surface area contributed by atoms with Crippen LogP contribution < -0.4 is 5.32 Å². The highest BCUT2D eigenvalue weighted by Crippen LogP contribution is 2.45. The largest absolute Gasteiger partial charge is 0.465 e. The smallest absolute Gasteiger partial charge is 0.405 e. The molecule has 1 aromatic heterocycles. The molecule has 0 saturated carbocycles. The van der Waals surface area contributed by atoms with Gasteiger partial charge in [0.2, 0.25) is 5.91 Å². The Hall–Kier alpha value is -3.46. The molecule has 2 N–H and O–H groups in total. The second-order valence-electron chi connectivity index (χ2n) is 12.5. The number of carbonyl (C=O) groups excluding carboxylic acids is 1. The van der Waals surface area contributed by atoms with Gasteiger partial charge in [-0.2, -0.15) is 0 Å². The number of hydrogen-bond acceptors (Lipinski definition) is 4. The summed E-state index contributed by atoms with van der Waals surface area (Å²) in [6, 6.07) is 16.2. The first-order valence-corrected chi connectivity index (χ1v) is 15.5. The summed E-state index contributed by atoms with van der Waals surface area (Å²) in [6.45, 7) is 5.96. The SMILES string of the molecule is CCC(NC(=O)O)C(=O)N1CCC(CCN2C3CCC2CC(n2c(C)nc4ccccc42)C3)(c2cccc(F)c2)CC1. The maximum absolute atomic E-state index is 14.5. The molecule has 0 radical (unpaired) electrons. The molecule has 2 amide bonds. The second-order valence-corrected chi connectivity index (χ2v) is 12.5.